The van der Waals surface area contributed by atoms with E-state index < -0.39 is 0 Å². The highest BCUT2D eigenvalue weighted by Crippen LogP contribution is 2.09. The summed E-state index contributed by atoms with van der Waals surface area (Å²) in [6.07, 6.45) is 1.72. The monoisotopic (exact) mass is 262 g/mol. The van der Waals surface area contributed by atoms with Gasteiger partial charge in [0.05, 0.1) is 0 Å². The molecule has 2 atom stereocenters. The van der Waals surface area contributed by atoms with Gasteiger partial charge in [-0.15, -0.1) is 0 Å². The Labute approximate surface area is 91.9 Å². The molecule has 1 aliphatic heterocycles. The fourth-order valence-electron chi connectivity index (χ4n) is 1.53. The highest BCUT2D eigenvalue weighted by Gasteiger charge is 2.25. The van der Waals surface area contributed by atoms with Gasteiger partial charge in [-0.2, -0.15) is 0 Å². The van der Waals surface area contributed by atoms with Crippen LogP contribution in [0.15, 0.2) is 0 Å². The summed E-state index contributed by atoms with van der Waals surface area (Å²) in [6, 6.07) is 0.120. The largest absolute Gasteiger partial charge is 0.352 e. The minimum atomic E-state index is 0.0369. The van der Waals surface area contributed by atoms with Crippen molar-refractivity contribution in [3.63, 3.8) is 0 Å². The summed E-state index contributed by atoms with van der Waals surface area (Å²) in [5.41, 5.74) is 0. The maximum atomic E-state index is 11.3. The van der Waals surface area contributed by atoms with Crippen molar-refractivity contribution in [1.29, 1.82) is 0 Å². The van der Waals surface area contributed by atoms with E-state index in [1.165, 1.54) is 0 Å². The van der Waals surface area contributed by atoms with Gasteiger partial charge < -0.3 is 10.6 Å². The van der Waals surface area contributed by atoms with Crippen LogP contribution in [-0.4, -0.2) is 29.2 Å². The molecular weight excluding hydrogens is 248 g/mol. The third-order valence-corrected chi connectivity index (χ3v) is 2.74. The van der Waals surface area contributed by atoms with E-state index >= 15 is 0 Å². The van der Waals surface area contributed by atoms with Crippen molar-refractivity contribution in [3.8, 4) is 0 Å². The first-order valence-corrected chi connectivity index (χ1v) is 5.90. The van der Waals surface area contributed by atoms with Crippen LogP contribution in [0.4, 0.5) is 0 Å². The van der Waals surface area contributed by atoms with Crippen LogP contribution in [0, 0.1) is 0 Å². The quantitative estimate of drug-likeness (QED) is 0.731. The van der Waals surface area contributed by atoms with Gasteiger partial charge in [-0.3, -0.25) is 9.59 Å². The molecule has 0 spiro atoms. The van der Waals surface area contributed by atoms with E-state index in [1.54, 1.807) is 0 Å². The van der Waals surface area contributed by atoms with Crippen molar-refractivity contribution in [2.24, 2.45) is 0 Å². The number of hydrogen-bond acceptors (Lipinski definition) is 2. The lowest BCUT2D eigenvalue weighted by molar-refractivity contribution is -0.126. The first-order valence-electron chi connectivity index (χ1n) is 4.78. The molecule has 0 radical (unpaired) electrons. The first-order chi connectivity index (χ1) is 6.63. The molecule has 1 saturated heterocycles. The van der Waals surface area contributed by atoms with Crippen LogP contribution < -0.4 is 10.6 Å². The lowest BCUT2D eigenvalue weighted by Gasteiger charge is -2.30. The van der Waals surface area contributed by atoms with Crippen LogP contribution in [0.1, 0.15) is 26.2 Å². The molecule has 2 N–H and O–H groups in total. The molecule has 2 unspecified atom stereocenters. The molecule has 0 saturated carbocycles. The zero-order valence-corrected chi connectivity index (χ0v) is 9.76. The summed E-state index contributed by atoms with van der Waals surface area (Å²) in [7, 11) is 0. The summed E-state index contributed by atoms with van der Waals surface area (Å²) < 4.78 is 0. The SMILES string of the molecule is CC1NC(=O)CCC1NC(=O)CCBr. The van der Waals surface area contributed by atoms with Crippen LogP contribution in [0.5, 0.6) is 0 Å². The van der Waals surface area contributed by atoms with Crippen LogP contribution in [0.3, 0.4) is 0 Å². The predicted octanol–water partition coefficient (Wildman–Crippen LogP) is 0.555. The lowest BCUT2D eigenvalue weighted by atomic mass is 9.99. The van der Waals surface area contributed by atoms with Crippen LogP contribution in [0.2, 0.25) is 0 Å². The normalized spacial score (nSPS) is 26.9. The topological polar surface area (TPSA) is 58.2 Å². The summed E-state index contributed by atoms with van der Waals surface area (Å²) in [5, 5.41) is 6.39. The second-order valence-electron chi connectivity index (χ2n) is 3.51. The second kappa shape index (κ2) is 5.34. The van der Waals surface area contributed by atoms with Gasteiger partial charge in [0.15, 0.2) is 0 Å². The molecule has 0 aromatic heterocycles. The molecule has 0 bridgehead atoms. The van der Waals surface area contributed by atoms with Gasteiger partial charge in [0.1, 0.15) is 0 Å². The molecule has 0 aromatic rings. The number of nitrogens with one attached hydrogen (secondary N) is 2. The maximum absolute atomic E-state index is 11.3. The highest BCUT2D eigenvalue weighted by molar-refractivity contribution is 9.09. The average molecular weight is 263 g/mol. The Kier molecular flexibility index (Phi) is 4.38. The zero-order chi connectivity index (χ0) is 10.6. The van der Waals surface area contributed by atoms with Gasteiger partial charge >= 0.3 is 0 Å². The van der Waals surface area contributed by atoms with Crippen LogP contribution >= 0.6 is 15.9 Å². The summed E-state index contributed by atoms with van der Waals surface area (Å²) in [5.74, 6) is 0.110. The van der Waals surface area contributed by atoms with Crippen LogP contribution in [0.25, 0.3) is 0 Å². The van der Waals surface area contributed by atoms with Gasteiger partial charge in [-0.1, -0.05) is 15.9 Å². The predicted molar refractivity (Wildman–Crippen MR) is 57.2 cm³/mol. The third kappa shape index (κ3) is 3.29. The Bertz CT molecular complexity index is 233. The number of carbonyl (C=O) groups excluding carboxylic acids is 2. The lowest BCUT2D eigenvalue weighted by Crippen LogP contribution is -2.53. The van der Waals surface area contributed by atoms with Crippen molar-refractivity contribution in [1.82, 2.24) is 10.6 Å². The summed E-state index contributed by atoms with van der Waals surface area (Å²) in [6.45, 7) is 1.91. The number of piperidine rings is 1. The molecule has 5 heteroatoms. The van der Waals surface area contributed by atoms with Crippen molar-refractivity contribution in [3.05, 3.63) is 0 Å². The van der Waals surface area contributed by atoms with E-state index in [0.29, 0.717) is 18.2 Å². The van der Waals surface area contributed by atoms with E-state index in [-0.39, 0.29) is 23.9 Å². The average Bonchev–Trinajstić information content (AvgIpc) is 2.10. The van der Waals surface area contributed by atoms with Crippen molar-refractivity contribution >= 4 is 27.7 Å². The number of hydrogen-bond donors (Lipinski definition) is 2. The minimum Gasteiger partial charge on any atom is -0.352 e. The number of rotatable bonds is 3. The second-order valence-corrected chi connectivity index (χ2v) is 4.30. The Morgan fingerprint density at radius 2 is 2.43 bits per heavy atom. The number of alkyl halides is 1. The van der Waals surface area contributed by atoms with Gasteiger partial charge in [-0.25, -0.2) is 0 Å². The van der Waals surface area contributed by atoms with Crippen LogP contribution in [-0.2, 0) is 9.59 Å². The smallest absolute Gasteiger partial charge is 0.221 e. The van der Waals surface area contributed by atoms with Gasteiger partial charge in [0.2, 0.25) is 11.8 Å². The van der Waals surface area contributed by atoms with Gasteiger partial charge in [0, 0.05) is 30.3 Å². The summed E-state index contributed by atoms with van der Waals surface area (Å²) >= 11 is 3.21. The standard InChI is InChI=1S/C9H15BrN2O2/c1-6-7(2-3-8(13)11-6)12-9(14)4-5-10/h6-7H,2-5H2,1H3,(H,11,13)(H,12,14). The van der Waals surface area contributed by atoms with Gasteiger partial charge in [0.25, 0.3) is 0 Å². The van der Waals surface area contributed by atoms with E-state index in [2.05, 4.69) is 26.6 Å². The Morgan fingerprint density at radius 3 is 3.00 bits per heavy atom. The molecule has 0 aliphatic carbocycles. The third-order valence-electron chi connectivity index (χ3n) is 2.34. The van der Waals surface area contributed by atoms with Gasteiger partial charge in [-0.05, 0) is 13.3 Å². The Morgan fingerprint density at radius 1 is 1.71 bits per heavy atom. The van der Waals surface area contributed by atoms with Crippen molar-refractivity contribution < 1.29 is 9.59 Å². The molecule has 1 rings (SSSR count). The maximum Gasteiger partial charge on any atom is 0.221 e. The Hall–Kier alpha value is -0.580. The number of carbonyl (C=O) groups is 2. The summed E-state index contributed by atoms with van der Waals surface area (Å²) in [4.78, 5) is 22.3. The first kappa shape index (κ1) is 11.5. The molecule has 4 nitrogen and oxygen atoms in total. The fourth-order valence-corrected chi connectivity index (χ4v) is 1.89. The minimum absolute atomic E-state index is 0.0369. The fraction of sp³-hybridized carbons (Fsp3) is 0.778. The number of amides is 2. The molecule has 1 heterocycles. The molecule has 0 aromatic carbocycles. The molecule has 14 heavy (non-hydrogen) atoms. The van der Waals surface area contributed by atoms with E-state index in [0.717, 1.165) is 6.42 Å². The van der Waals surface area contributed by atoms with E-state index in [9.17, 15) is 9.59 Å². The van der Waals surface area contributed by atoms with E-state index in [1.807, 2.05) is 6.92 Å². The van der Waals surface area contributed by atoms with Crippen molar-refractivity contribution in [2.75, 3.05) is 5.33 Å². The molecule has 2 amide bonds. The zero-order valence-electron chi connectivity index (χ0n) is 8.18. The highest BCUT2D eigenvalue weighted by atomic mass is 79.9. The number of halogens is 1. The molecule has 1 fully saturated rings. The molecular formula is C9H15BrN2O2. The Balaban J connectivity index is 2.37. The van der Waals surface area contributed by atoms with E-state index in [4.69, 9.17) is 0 Å². The molecule has 1 aliphatic rings. The molecule has 80 valence electrons. The van der Waals surface area contributed by atoms with Crippen molar-refractivity contribution in [2.45, 2.75) is 38.3 Å².